The van der Waals surface area contributed by atoms with E-state index in [1.165, 1.54) is 18.4 Å². The van der Waals surface area contributed by atoms with Gasteiger partial charge in [0.1, 0.15) is 11.1 Å². The highest BCUT2D eigenvalue weighted by molar-refractivity contribution is 6.03. The molecule has 36 heavy (non-hydrogen) atoms. The van der Waals surface area contributed by atoms with Gasteiger partial charge in [0.25, 0.3) is 0 Å². The first kappa shape index (κ1) is 24.1. The molecule has 1 fully saturated rings. The van der Waals surface area contributed by atoms with Gasteiger partial charge in [-0.1, -0.05) is 42.5 Å². The van der Waals surface area contributed by atoms with E-state index in [9.17, 15) is 5.11 Å². The van der Waals surface area contributed by atoms with Crippen LogP contribution in [0.15, 0.2) is 60.8 Å². The third-order valence-corrected chi connectivity index (χ3v) is 7.31. The van der Waals surface area contributed by atoms with Gasteiger partial charge in [-0.3, -0.25) is 4.90 Å². The van der Waals surface area contributed by atoms with Crippen molar-refractivity contribution in [3.05, 3.63) is 66.4 Å². The molecule has 0 bridgehead atoms. The van der Waals surface area contributed by atoms with E-state index < -0.39 is 0 Å². The molecule has 6 nitrogen and oxygen atoms in total. The van der Waals surface area contributed by atoms with Gasteiger partial charge in [0, 0.05) is 31.1 Å². The number of nitriles is 1. The number of aromatic hydroxyl groups is 1. The van der Waals surface area contributed by atoms with E-state index in [1.807, 2.05) is 35.0 Å². The molecular formula is C30H34N4O2. The van der Waals surface area contributed by atoms with Gasteiger partial charge >= 0.3 is 0 Å². The predicted molar refractivity (Wildman–Crippen MR) is 143 cm³/mol. The number of likely N-dealkylation sites (tertiary alicyclic amines) is 1. The molecule has 6 heteroatoms. The highest BCUT2D eigenvalue weighted by atomic mass is 16.5. The number of unbranched alkanes of at least 4 members (excludes halogenated alkanes) is 2. The van der Waals surface area contributed by atoms with Gasteiger partial charge in [-0.05, 0) is 68.8 Å². The molecule has 4 aromatic rings. The fraction of sp³-hybridized carbons (Fsp3) is 0.400. The van der Waals surface area contributed by atoms with Crippen LogP contribution in [0.4, 0.5) is 0 Å². The van der Waals surface area contributed by atoms with E-state index in [1.54, 1.807) is 0 Å². The monoisotopic (exact) mass is 482 g/mol. The Balaban J connectivity index is 1.26. The van der Waals surface area contributed by atoms with Gasteiger partial charge < -0.3 is 14.4 Å². The fourth-order valence-corrected chi connectivity index (χ4v) is 5.26. The van der Waals surface area contributed by atoms with Crippen LogP contribution in [0.25, 0.3) is 21.8 Å². The molecule has 2 aromatic carbocycles. The molecule has 5 rings (SSSR count). The average Bonchev–Trinajstić information content (AvgIpc) is 3.23. The lowest BCUT2D eigenvalue weighted by atomic mass is 9.93. The summed E-state index contributed by atoms with van der Waals surface area (Å²) < 4.78 is 8.14. The third-order valence-electron chi connectivity index (χ3n) is 7.31. The van der Waals surface area contributed by atoms with Crippen LogP contribution in [0.3, 0.4) is 0 Å². The average molecular weight is 483 g/mol. The van der Waals surface area contributed by atoms with Gasteiger partial charge in [-0.15, -0.1) is 0 Å². The van der Waals surface area contributed by atoms with Crippen LogP contribution in [0.1, 0.15) is 44.1 Å². The van der Waals surface area contributed by atoms with Gasteiger partial charge in [0.05, 0.1) is 23.7 Å². The normalized spacial score (nSPS) is 14.9. The van der Waals surface area contributed by atoms with E-state index in [2.05, 4.69) is 41.3 Å². The Labute approximate surface area is 212 Å². The van der Waals surface area contributed by atoms with Crippen LogP contribution in [-0.2, 0) is 13.1 Å². The SMILES string of the molecule is N#CCCCCOc1c2ccccc2nc2cn(CCC3CCN(Cc4ccccc4)CC3)c(O)c12. The predicted octanol–water partition coefficient (Wildman–Crippen LogP) is 6.27. The summed E-state index contributed by atoms with van der Waals surface area (Å²) in [6.45, 7) is 4.54. The lowest BCUT2D eigenvalue weighted by molar-refractivity contribution is 0.168. The zero-order valence-electron chi connectivity index (χ0n) is 20.8. The van der Waals surface area contributed by atoms with E-state index >= 15 is 0 Å². The summed E-state index contributed by atoms with van der Waals surface area (Å²) in [5, 5.41) is 21.6. The van der Waals surface area contributed by atoms with Crippen LogP contribution in [0, 0.1) is 17.2 Å². The number of aryl methyl sites for hydroxylation is 1. The lowest BCUT2D eigenvalue weighted by Gasteiger charge is -2.32. The Morgan fingerprint density at radius 2 is 1.78 bits per heavy atom. The van der Waals surface area contributed by atoms with Crippen molar-refractivity contribution in [1.29, 1.82) is 5.26 Å². The van der Waals surface area contributed by atoms with Crippen molar-refractivity contribution in [2.45, 2.75) is 51.6 Å². The minimum Gasteiger partial charge on any atom is -0.494 e. The van der Waals surface area contributed by atoms with Crippen LogP contribution < -0.4 is 4.74 Å². The minimum atomic E-state index is 0.233. The molecule has 1 aliphatic rings. The second-order valence-electron chi connectivity index (χ2n) is 9.82. The maximum Gasteiger partial charge on any atom is 0.204 e. The number of ether oxygens (including phenoxy) is 1. The first-order valence-electron chi connectivity index (χ1n) is 13.1. The van der Waals surface area contributed by atoms with E-state index in [-0.39, 0.29) is 5.88 Å². The van der Waals surface area contributed by atoms with Crippen LogP contribution in [0.5, 0.6) is 11.6 Å². The lowest BCUT2D eigenvalue weighted by Crippen LogP contribution is -2.33. The Hall–Kier alpha value is -3.56. The largest absolute Gasteiger partial charge is 0.494 e. The van der Waals surface area contributed by atoms with Crippen molar-refractivity contribution in [2.75, 3.05) is 19.7 Å². The number of nitrogens with zero attached hydrogens (tertiary/aromatic N) is 4. The molecule has 0 aliphatic carbocycles. The molecule has 1 aliphatic heterocycles. The van der Waals surface area contributed by atoms with Crippen molar-refractivity contribution < 1.29 is 9.84 Å². The molecule has 0 unspecified atom stereocenters. The number of rotatable bonds is 10. The first-order chi connectivity index (χ1) is 17.7. The van der Waals surface area contributed by atoms with Crippen molar-refractivity contribution in [2.24, 2.45) is 5.92 Å². The van der Waals surface area contributed by atoms with Gasteiger partial charge in [-0.25, -0.2) is 4.98 Å². The Bertz CT molecular complexity index is 1330. The summed E-state index contributed by atoms with van der Waals surface area (Å²) >= 11 is 0. The number of hydrogen-bond acceptors (Lipinski definition) is 5. The quantitative estimate of drug-likeness (QED) is 0.270. The Kier molecular flexibility index (Phi) is 7.68. The highest BCUT2D eigenvalue weighted by Crippen LogP contribution is 2.40. The smallest absolute Gasteiger partial charge is 0.204 e. The number of para-hydroxylation sites is 1. The molecule has 2 aromatic heterocycles. The van der Waals surface area contributed by atoms with E-state index in [0.29, 0.717) is 30.1 Å². The summed E-state index contributed by atoms with van der Waals surface area (Å²) in [7, 11) is 0. The summed E-state index contributed by atoms with van der Waals surface area (Å²) in [6, 6.07) is 20.8. The molecule has 1 saturated heterocycles. The number of hydrogen-bond donors (Lipinski definition) is 1. The number of piperidine rings is 1. The Morgan fingerprint density at radius 3 is 2.58 bits per heavy atom. The molecule has 0 saturated carbocycles. The zero-order valence-corrected chi connectivity index (χ0v) is 20.8. The summed E-state index contributed by atoms with van der Waals surface area (Å²) in [6.07, 6.45) is 7.52. The molecule has 0 amide bonds. The minimum absolute atomic E-state index is 0.233. The van der Waals surface area contributed by atoms with E-state index in [4.69, 9.17) is 15.0 Å². The van der Waals surface area contributed by atoms with Gasteiger partial charge in [0.2, 0.25) is 5.88 Å². The van der Waals surface area contributed by atoms with Crippen molar-refractivity contribution in [3.63, 3.8) is 0 Å². The summed E-state index contributed by atoms with van der Waals surface area (Å²) in [5.41, 5.74) is 3.00. The molecule has 3 heterocycles. The number of aromatic nitrogens is 2. The molecular weight excluding hydrogens is 448 g/mol. The summed E-state index contributed by atoms with van der Waals surface area (Å²) in [4.78, 5) is 7.36. The maximum atomic E-state index is 11.2. The van der Waals surface area contributed by atoms with E-state index in [0.717, 1.165) is 61.9 Å². The van der Waals surface area contributed by atoms with Crippen LogP contribution in [0.2, 0.25) is 0 Å². The van der Waals surface area contributed by atoms with Crippen LogP contribution >= 0.6 is 0 Å². The molecule has 0 radical (unpaired) electrons. The first-order valence-corrected chi connectivity index (χ1v) is 13.1. The van der Waals surface area contributed by atoms with Crippen molar-refractivity contribution in [3.8, 4) is 17.7 Å². The zero-order chi connectivity index (χ0) is 24.7. The molecule has 1 N–H and O–H groups in total. The van der Waals surface area contributed by atoms with Gasteiger partial charge in [-0.2, -0.15) is 5.26 Å². The third kappa shape index (κ3) is 5.47. The maximum absolute atomic E-state index is 11.2. The second-order valence-corrected chi connectivity index (χ2v) is 9.82. The number of benzene rings is 2. The molecule has 0 spiro atoms. The van der Waals surface area contributed by atoms with Crippen LogP contribution in [-0.4, -0.2) is 39.3 Å². The topological polar surface area (TPSA) is 74.3 Å². The number of pyridine rings is 1. The standard InChI is InChI=1S/C30H34N4O2/c31-16-7-2-8-20-36-29-25-11-5-6-12-26(25)32-27-22-34(30(35)28(27)29)19-15-23-13-17-33(18-14-23)21-24-9-3-1-4-10-24/h1,3-6,9-12,22-23,35H,2,7-8,13-15,17-21H2. The Morgan fingerprint density at radius 1 is 1.00 bits per heavy atom. The fourth-order valence-electron chi connectivity index (χ4n) is 5.26. The van der Waals surface area contributed by atoms with Crippen molar-refractivity contribution in [1.82, 2.24) is 14.5 Å². The highest BCUT2D eigenvalue weighted by Gasteiger charge is 2.22. The molecule has 186 valence electrons. The summed E-state index contributed by atoms with van der Waals surface area (Å²) in [5.74, 6) is 1.58. The number of fused-ring (bicyclic) bond motifs is 2. The molecule has 0 atom stereocenters. The van der Waals surface area contributed by atoms with Crippen molar-refractivity contribution >= 4 is 21.8 Å². The van der Waals surface area contributed by atoms with Gasteiger partial charge in [0.15, 0.2) is 0 Å². The second kappa shape index (κ2) is 11.5.